The van der Waals surface area contributed by atoms with Crippen LogP contribution in [0.1, 0.15) is 23.5 Å². The maximum Gasteiger partial charge on any atom is 0.264 e. The van der Waals surface area contributed by atoms with Crippen molar-refractivity contribution in [3.05, 3.63) is 59.7 Å². The molecule has 10 heteroatoms. The second-order valence-corrected chi connectivity index (χ2v) is 10.8. The van der Waals surface area contributed by atoms with Crippen LogP contribution in [-0.2, 0) is 19.6 Å². The Hall–Kier alpha value is -2.98. The first-order valence-electron chi connectivity index (χ1n) is 11.0. The van der Waals surface area contributed by atoms with Crippen molar-refractivity contribution in [2.75, 3.05) is 38.5 Å². The average molecular weight is 491 g/mol. The van der Waals surface area contributed by atoms with Gasteiger partial charge in [-0.3, -0.25) is 13.9 Å². The Balaban J connectivity index is 1.88. The molecule has 0 unspecified atom stereocenters. The largest absolute Gasteiger partial charge is 0.348 e. The highest BCUT2D eigenvalue weighted by atomic mass is 32.2. The average Bonchev–Trinajstić information content (AvgIpc) is 3.25. The molecule has 3 atom stereocenters. The monoisotopic (exact) mass is 490 g/mol. The maximum atomic E-state index is 13.6. The van der Waals surface area contributed by atoms with E-state index in [-0.39, 0.29) is 30.3 Å². The van der Waals surface area contributed by atoms with Gasteiger partial charge in [-0.1, -0.05) is 29.8 Å². The lowest BCUT2D eigenvalue weighted by Crippen LogP contribution is -2.50. The van der Waals surface area contributed by atoms with Crippen molar-refractivity contribution in [2.24, 2.45) is 5.73 Å². The Labute approximate surface area is 200 Å². The second-order valence-electron chi connectivity index (χ2n) is 8.78. The van der Waals surface area contributed by atoms with Crippen molar-refractivity contribution in [3.63, 3.8) is 0 Å². The van der Waals surface area contributed by atoms with E-state index in [1.54, 1.807) is 62.6 Å². The number of alkyl halides is 1. The van der Waals surface area contributed by atoms with Gasteiger partial charge in [0.05, 0.1) is 23.0 Å². The van der Waals surface area contributed by atoms with Gasteiger partial charge >= 0.3 is 0 Å². The lowest BCUT2D eigenvalue weighted by molar-refractivity contribution is -0.138. The van der Waals surface area contributed by atoms with Crippen molar-refractivity contribution in [3.8, 4) is 0 Å². The second kappa shape index (κ2) is 10.1. The number of halogens is 1. The summed E-state index contributed by atoms with van der Waals surface area (Å²) in [4.78, 5) is 28.7. The zero-order valence-corrected chi connectivity index (χ0v) is 20.6. The molecule has 184 valence electrons. The molecule has 2 amide bonds. The van der Waals surface area contributed by atoms with Crippen molar-refractivity contribution >= 4 is 27.5 Å². The van der Waals surface area contributed by atoms with Crippen molar-refractivity contribution in [2.45, 2.75) is 36.4 Å². The van der Waals surface area contributed by atoms with Gasteiger partial charge in [0, 0.05) is 27.7 Å². The van der Waals surface area contributed by atoms with Crippen LogP contribution in [0.2, 0.25) is 0 Å². The third-order valence-electron chi connectivity index (χ3n) is 6.09. The number of sulfonamides is 1. The third-order valence-corrected chi connectivity index (χ3v) is 7.89. The Morgan fingerprint density at radius 1 is 1.06 bits per heavy atom. The zero-order chi connectivity index (χ0) is 25.2. The Morgan fingerprint density at radius 2 is 1.65 bits per heavy atom. The maximum absolute atomic E-state index is 13.6. The van der Waals surface area contributed by atoms with Crippen LogP contribution in [0.5, 0.6) is 0 Å². The normalized spacial score (nSPS) is 17.8. The Morgan fingerprint density at radius 3 is 2.15 bits per heavy atom. The summed E-state index contributed by atoms with van der Waals surface area (Å²) in [7, 11) is 0.798. The van der Waals surface area contributed by atoms with Crippen molar-refractivity contribution in [1.29, 1.82) is 0 Å². The van der Waals surface area contributed by atoms with Gasteiger partial charge < -0.3 is 15.5 Å². The summed E-state index contributed by atoms with van der Waals surface area (Å²) in [5.41, 5.74) is 8.06. The number of benzene rings is 2. The minimum Gasteiger partial charge on any atom is -0.348 e. The number of anilines is 1. The van der Waals surface area contributed by atoms with E-state index < -0.39 is 34.1 Å². The molecule has 2 aromatic rings. The number of nitrogens with zero attached hydrogens (tertiary/aromatic N) is 3. The van der Waals surface area contributed by atoms with Crippen LogP contribution < -0.4 is 10.0 Å². The molecule has 1 aliphatic rings. The first-order chi connectivity index (χ1) is 15.9. The SMILES string of the molecule is Cc1ccc(S(=O)(=O)N(C)c2ccc([C@H](C(=O)N(C)C)[C@H](N)C(=O)N3CC[C@H](F)C3)cc2)cc1. The van der Waals surface area contributed by atoms with Crippen LogP contribution >= 0.6 is 0 Å². The molecule has 1 fully saturated rings. The highest BCUT2D eigenvalue weighted by Gasteiger charge is 2.38. The van der Waals surface area contributed by atoms with E-state index in [1.165, 1.54) is 16.8 Å². The highest BCUT2D eigenvalue weighted by molar-refractivity contribution is 7.92. The first-order valence-corrected chi connectivity index (χ1v) is 12.4. The van der Waals surface area contributed by atoms with E-state index in [4.69, 9.17) is 5.73 Å². The standard InChI is InChI=1S/C24H31FN4O4S/c1-16-5-11-20(12-6-16)34(32,33)28(4)19-9-7-17(8-10-19)21(23(30)27(2)3)22(26)24(31)29-14-13-18(25)15-29/h5-12,18,21-22H,13-15,26H2,1-4H3/t18-,21-,22-/m0/s1. The molecule has 0 aromatic heterocycles. The summed E-state index contributed by atoms with van der Waals surface area (Å²) in [5, 5.41) is 0. The first kappa shape index (κ1) is 25.6. The minimum absolute atomic E-state index is 0.0317. The predicted octanol–water partition coefficient (Wildman–Crippen LogP) is 1.89. The molecule has 34 heavy (non-hydrogen) atoms. The highest BCUT2D eigenvalue weighted by Crippen LogP contribution is 2.28. The number of amides is 2. The van der Waals surface area contributed by atoms with Gasteiger partial charge in [-0.15, -0.1) is 0 Å². The number of rotatable bonds is 7. The fourth-order valence-corrected chi connectivity index (χ4v) is 5.15. The molecule has 2 N–H and O–H groups in total. The smallest absolute Gasteiger partial charge is 0.264 e. The lowest BCUT2D eigenvalue weighted by Gasteiger charge is -2.29. The molecule has 1 aliphatic heterocycles. The lowest BCUT2D eigenvalue weighted by atomic mass is 9.89. The summed E-state index contributed by atoms with van der Waals surface area (Å²) < 4.78 is 40.7. The number of likely N-dealkylation sites (N-methyl/N-ethyl adjacent to an activating group) is 1. The molecule has 2 aromatic carbocycles. The predicted molar refractivity (Wildman–Crippen MR) is 129 cm³/mol. The third kappa shape index (κ3) is 5.23. The molecule has 0 spiro atoms. The van der Waals surface area contributed by atoms with Gasteiger partial charge in [-0.25, -0.2) is 12.8 Å². The van der Waals surface area contributed by atoms with Gasteiger partial charge in [0.1, 0.15) is 12.2 Å². The van der Waals surface area contributed by atoms with Crippen LogP contribution in [0.25, 0.3) is 0 Å². The molecule has 0 bridgehead atoms. The van der Waals surface area contributed by atoms with Crippen LogP contribution in [-0.4, -0.2) is 76.5 Å². The van der Waals surface area contributed by atoms with Crippen LogP contribution in [0, 0.1) is 6.92 Å². The van der Waals surface area contributed by atoms with E-state index in [2.05, 4.69) is 0 Å². The Kier molecular flexibility index (Phi) is 7.62. The van der Waals surface area contributed by atoms with E-state index in [0.717, 1.165) is 9.87 Å². The minimum atomic E-state index is -3.78. The number of likely N-dealkylation sites (tertiary alicyclic amines) is 1. The van der Waals surface area contributed by atoms with Crippen molar-refractivity contribution in [1.82, 2.24) is 9.80 Å². The summed E-state index contributed by atoms with van der Waals surface area (Å²) in [5.74, 6) is -1.84. The summed E-state index contributed by atoms with van der Waals surface area (Å²) in [6, 6.07) is 11.7. The fraction of sp³-hybridized carbons (Fsp3) is 0.417. The number of carbonyl (C=O) groups excluding carboxylic acids is 2. The zero-order valence-electron chi connectivity index (χ0n) is 19.8. The van der Waals surface area contributed by atoms with Crippen LogP contribution in [0.3, 0.4) is 0 Å². The molecular weight excluding hydrogens is 459 g/mol. The number of hydrogen-bond donors (Lipinski definition) is 1. The van der Waals surface area contributed by atoms with Crippen LogP contribution in [0.4, 0.5) is 10.1 Å². The molecular formula is C24H31FN4O4S. The van der Waals surface area contributed by atoms with E-state index in [0.29, 0.717) is 11.3 Å². The van der Waals surface area contributed by atoms with Gasteiger partial charge in [-0.2, -0.15) is 0 Å². The molecule has 0 radical (unpaired) electrons. The van der Waals surface area contributed by atoms with E-state index in [1.807, 2.05) is 6.92 Å². The topological polar surface area (TPSA) is 104 Å². The molecule has 8 nitrogen and oxygen atoms in total. The fourth-order valence-electron chi connectivity index (χ4n) is 3.95. The summed E-state index contributed by atoms with van der Waals surface area (Å²) >= 11 is 0. The van der Waals surface area contributed by atoms with E-state index >= 15 is 0 Å². The van der Waals surface area contributed by atoms with E-state index in [9.17, 15) is 22.4 Å². The summed E-state index contributed by atoms with van der Waals surface area (Å²) in [6.07, 6.45) is -0.842. The van der Waals surface area contributed by atoms with Gasteiger partial charge in [-0.05, 0) is 43.2 Å². The van der Waals surface area contributed by atoms with Gasteiger partial charge in [0.15, 0.2) is 0 Å². The Bertz CT molecular complexity index is 1140. The molecule has 0 saturated carbocycles. The number of carbonyl (C=O) groups is 2. The number of aryl methyl sites for hydroxylation is 1. The van der Waals surface area contributed by atoms with Crippen molar-refractivity contribution < 1.29 is 22.4 Å². The molecule has 1 heterocycles. The van der Waals surface area contributed by atoms with Gasteiger partial charge in [0.2, 0.25) is 11.8 Å². The number of hydrogen-bond acceptors (Lipinski definition) is 5. The molecule has 0 aliphatic carbocycles. The quantitative estimate of drug-likeness (QED) is 0.638. The van der Waals surface area contributed by atoms with Crippen LogP contribution in [0.15, 0.2) is 53.4 Å². The summed E-state index contributed by atoms with van der Waals surface area (Å²) in [6.45, 7) is 2.10. The molecule has 1 saturated heterocycles. The van der Waals surface area contributed by atoms with Gasteiger partial charge in [0.25, 0.3) is 10.0 Å². The molecule has 3 rings (SSSR count). The number of nitrogens with two attached hydrogens (primary N) is 1.